The minimum absolute atomic E-state index is 0.279. The van der Waals surface area contributed by atoms with Crippen LogP contribution in [0.15, 0.2) is 28.9 Å². The van der Waals surface area contributed by atoms with Crippen molar-refractivity contribution >= 4 is 18.0 Å². The largest absolute Gasteiger partial charge is 0.480 e. The van der Waals surface area contributed by atoms with Gasteiger partial charge in [0.15, 0.2) is 0 Å². The van der Waals surface area contributed by atoms with Crippen molar-refractivity contribution in [2.75, 3.05) is 6.54 Å². The molecule has 1 saturated heterocycles. The van der Waals surface area contributed by atoms with Crippen molar-refractivity contribution in [2.45, 2.75) is 25.3 Å². The molecule has 0 saturated carbocycles. The number of carboxylic acids is 1. The predicted octanol–water partition coefficient (Wildman–Crippen LogP) is 1.76. The number of likely N-dealkylation sites (tertiary alicyclic amines) is 1. The highest BCUT2D eigenvalue weighted by Gasteiger charge is 2.30. The summed E-state index contributed by atoms with van der Waals surface area (Å²) < 4.78 is 5.07. The van der Waals surface area contributed by atoms with E-state index >= 15 is 0 Å². The fourth-order valence-electron chi connectivity index (χ4n) is 2.09. The van der Waals surface area contributed by atoms with Gasteiger partial charge in [-0.05, 0) is 37.5 Å². The summed E-state index contributed by atoms with van der Waals surface area (Å²) >= 11 is 0. The maximum atomic E-state index is 11.9. The van der Waals surface area contributed by atoms with Gasteiger partial charge in [0, 0.05) is 12.6 Å². The van der Waals surface area contributed by atoms with Crippen molar-refractivity contribution in [1.29, 1.82) is 0 Å². The Morgan fingerprint density at radius 3 is 2.94 bits per heavy atom. The molecule has 1 aliphatic heterocycles. The molecule has 1 amide bonds. The Hall–Kier alpha value is -2.04. The van der Waals surface area contributed by atoms with Crippen LogP contribution in [0.2, 0.25) is 0 Å². The summed E-state index contributed by atoms with van der Waals surface area (Å²) in [6.45, 7) is 0.498. The lowest BCUT2D eigenvalue weighted by Crippen LogP contribution is -2.47. The number of carbonyl (C=O) groups excluding carboxylic acids is 1. The lowest BCUT2D eigenvalue weighted by atomic mass is 10.0. The Kier molecular flexibility index (Phi) is 3.82. The third kappa shape index (κ3) is 2.80. The van der Waals surface area contributed by atoms with Crippen LogP contribution in [0.1, 0.15) is 25.0 Å². The first-order valence-corrected chi connectivity index (χ1v) is 5.93. The minimum Gasteiger partial charge on any atom is -0.480 e. The Balaban J connectivity index is 2.04. The number of carbonyl (C=O) groups is 2. The van der Waals surface area contributed by atoms with Gasteiger partial charge >= 0.3 is 5.97 Å². The van der Waals surface area contributed by atoms with Crippen LogP contribution in [0.3, 0.4) is 0 Å². The quantitative estimate of drug-likeness (QED) is 0.828. The van der Waals surface area contributed by atoms with E-state index in [2.05, 4.69) is 0 Å². The van der Waals surface area contributed by atoms with Gasteiger partial charge in [0.2, 0.25) is 5.91 Å². The van der Waals surface area contributed by atoms with Crippen LogP contribution < -0.4 is 0 Å². The number of nitrogens with zero attached hydrogens (tertiary/aromatic N) is 1. The second-order valence-corrected chi connectivity index (χ2v) is 4.23. The Bertz CT molecular complexity index is 450. The van der Waals surface area contributed by atoms with E-state index in [4.69, 9.17) is 9.52 Å². The van der Waals surface area contributed by atoms with E-state index < -0.39 is 12.0 Å². The van der Waals surface area contributed by atoms with Crippen LogP contribution in [-0.2, 0) is 9.59 Å². The van der Waals surface area contributed by atoms with Crippen molar-refractivity contribution in [1.82, 2.24) is 4.90 Å². The number of rotatable bonds is 3. The third-order valence-corrected chi connectivity index (χ3v) is 3.00. The van der Waals surface area contributed by atoms with Crippen LogP contribution in [0.4, 0.5) is 0 Å². The molecule has 0 radical (unpaired) electrons. The lowest BCUT2D eigenvalue weighted by Gasteiger charge is -2.32. The maximum absolute atomic E-state index is 11.9. The molecule has 2 rings (SSSR count). The molecule has 5 nitrogen and oxygen atoms in total. The maximum Gasteiger partial charge on any atom is 0.326 e. The number of piperidine rings is 1. The van der Waals surface area contributed by atoms with Crippen LogP contribution >= 0.6 is 0 Å². The zero-order valence-electron chi connectivity index (χ0n) is 9.91. The second kappa shape index (κ2) is 5.53. The minimum atomic E-state index is -0.936. The van der Waals surface area contributed by atoms with E-state index in [9.17, 15) is 9.59 Å². The highest BCUT2D eigenvalue weighted by Crippen LogP contribution is 2.18. The molecule has 1 fully saturated rings. The highest BCUT2D eigenvalue weighted by molar-refractivity contribution is 5.94. The summed E-state index contributed by atoms with van der Waals surface area (Å²) in [5, 5.41) is 9.07. The molecule has 1 aromatic rings. The van der Waals surface area contributed by atoms with Crippen molar-refractivity contribution in [3.8, 4) is 0 Å². The molecular formula is C13H15NO4. The van der Waals surface area contributed by atoms with Crippen LogP contribution in [0, 0.1) is 0 Å². The van der Waals surface area contributed by atoms with Crippen molar-refractivity contribution in [3.05, 3.63) is 30.2 Å². The van der Waals surface area contributed by atoms with Gasteiger partial charge in [-0.1, -0.05) is 0 Å². The number of hydrogen-bond acceptors (Lipinski definition) is 3. The number of furan rings is 1. The summed E-state index contributed by atoms with van der Waals surface area (Å²) in [7, 11) is 0. The molecule has 0 unspecified atom stereocenters. The van der Waals surface area contributed by atoms with E-state index in [1.165, 1.54) is 17.2 Å². The average molecular weight is 249 g/mol. The summed E-state index contributed by atoms with van der Waals surface area (Å²) in [6, 6.07) is 2.76. The molecule has 1 atom stereocenters. The second-order valence-electron chi connectivity index (χ2n) is 4.23. The van der Waals surface area contributed by atoms with E-state index in [0.717, 1.165) is 12.8 Å². The Morgan fingerprint density at radius 1 is 1.44 bits per heavy atom. The molecule has 0 spiro atoms. The zero-order chi connectivity index (χ0) is 13.0. The monoisotopic (exact) mass is 249 g/mol. The molecule has 2 heterocycles. The Morgan fingerprint density at radius 2 is 2.28 bits per heavy atom. The van der Waals surface area contributed by atoms with Gasteiger partial charge in [0.1, 0.15) is 11.8 Å². The molecule has 1 N–H and O–H groups in total. The number of carboxylic acid groups (broad SMARTS) is 1. The van der Waals surface area contributed by atoms with Crippen LogP contribution in [0.5, 0.6) is 0 Å². The molecule has 5 heteroatoms. The van der Waals surface area contributed by atoms with E-state index in [1.54, 1.807) is 18.2 Å². The predicted molar refractivity (Wildman–Crippen MR) is 64.7 cm³/mol. The first-order valence-electron chi connectivity index (χ1n) is 5.93. The normalized spacial score (nSPS) is 20.2. The summed E-state index contributed by atoms with van der Waals surface area (Å²) in [5.41, 5.74) is 0. The van der Waals surface area contributed by atoms with Gasteiger partial charge in [0.25, 0.3) is 0 Å². The fraction of sp³-hybridized carbons (Fsp3) is 0.385. The number of hydrogen-bond donors (Lipinski definition) is 1. The molecule has 1 aromatic heterocycles. The molecule has 96 valence electrons. The smallest absolute Gasteiger partial charge is 0.326 e. The number of amides is 1. The zero-order valence-corrected chi connectivity index (χ0v) is 9.91. The lowest BCUT2D eigenvalue weighted by molar-refractivity contribution is -0.150. The third-order valence-electron chi connectivity index (χ3n) is 3.00. The van der Waals surface area contributed by atoms with Crippen molar-refractivity contribution < 1.29 is 19.1 Å². The summed E-state index contributed by atoms with van der Waals surface area (Å²) in [5.74, 6) is -0.639. The molecular weight excluding hydrogens is 234 g/mol. The standard InChI is InChI=1S/C13H15NO4/c15-12(7-6-10-4-3-9-18-10)14-8-2-1-5-11(14)13(16)17/h3-4,6-7,9,11H,1-2,5,8H2,(H,16,17)/b7-6+/t11-/m0/s1. The van der Waals surface area contributed by atoms with Gasteiger partial charge < -0.3 is 14.4 Å². The first-order chi connectivity index (χ1) is 8.68. The first kappa shape index (κ1) is 12.4. The van der Waals surface area contributed by atoms with Gasteiger partial charge in [-0.15, -0.1) is 0 Å². The number of aliphatic carboxylic acids is 1. The molecule has 18 heavy (non-hydrogen) atoms. The van der Waals surface area contributed by atoms with Gasteiger partial charge in [-0.2, -0.15) is 0 Å². The van der Waals surface area contributed by atoms with Crippen molar-refractivity contribution in [3.63, 3.8) is 0 Å². The Labute approximate surface area is 105 Å². The van der Waals surface area contributed by atoms with E-state index in [-0.39, 0.29) is 5.91 Å². The van der Waals surface area contributed by atoms with Gasteiger partial charge in [-0.25, -0.2) is 4.79 Å². The van der Waals surface area contributed by atoms with Gasteiger partial charge in [0.05, 0.1) is 6.26 Å². The topological polar surface area (TPSA) is 70.8 Å². The SMILES string of the molecule is O=C(O)[C@@H]1CCCCN1C(=O)/C=C/c1ccco1. The fourth-order valence-corrected chi connectivity index (χ4v) is 2.09. The average Bonchev–Trinajstić information content (AvgIpc) is 2.89. The van der Waals surface area contributed by atoms with Gasteiger partial charge in [-0.3, -0.25) is 4.79 Å². The summed E-state index contributed by atoms with van der Waals surface area (Å²) in [6.07, 6.45) is 6.66. The molecule has 0 aliphatic carbocycles. The van der Waals surface area contributed by atoms with Crippen LogP contribution in [-0.4, -0.2) is 34.5 Å². The highest BCUT2D eigenvalue weighted by atomic mass is 16.4. The van der Waals surface area contributed by atoms with E-state index in [1.807, 2.05) is 0 Å². The van der Waals surface area contributed by atoms with E-state index in [0.29, 0.717) is 18.7 Å². The molecule has 0 bridgehead atoms. The summed E-state index contributed by atoms with van der Waals surface area (Å²) in [4.78, 5) is 24.4. The van der Waals surface area contributed by atoms with Crippen LogP contribution in [0.25, 0.3) is 6.08 Å². The molecule has 1 aliphatic rings. The van der Waals surface area contributed by atoms with Crippen molar-refractivity contribution in [2.24, 2.45) is 0 Å². The molecule has 0 aromatic carbocycles.